The summed E-state index contributed by atoms with van der Waals surface area (Å²) in [5.74, 6) is -13.0. The number of benzene rings is 4. The van der Waals surface area contributed by atoms with Crippen LogP contribution in [0.2, 0.25) is 0 Å². The summed E-state index contributed by atoms with van der Waals surface area (Å²) in [6.45, 7) is 14.3. The first-order valence-corrected chi connectivity index (χ1v) is 47.2. The zero-order valence-electron chi connectivity index (χ0n) is 80.2. The molecule has 4 aromatic carbocycles. The maximum atomic E-state index is 14.5. The van der Waals surface area contributed by atoms with Gasteiger partial charge in [0.25, 0.3) is 0 Å². The maximum absolute atomic E-state index is 14.5. The fourth-order valence-electron chi connectivity index (χ4n) is 19.8. The summed E-state index contributed by atoms with van der Waals surface area (Å²) in [7, 11) is 0. The second-order valence-electron chi connectivity index (χ2n) is 36.7. The number of halogens is 12. The molecule has 14 aromatic rings. The minimum atomic E-state index is -0.978. The van der Waals surface area contributed by atoms with E-state index in [4.69, 9.17) is 27.7 Å². The molecule has 147 heavy (non-hydrogen) atoms. The number of carbonyl (C=O) groups is 5. The van der Waals surface area contributed by atoms with Crippen molar-refractivity contribution < 1.29 is 86.6 Å². The van der Waals surface area contributed by atoms with Gasteiger partial charge in [-0.3, -0.25) is 39.1 Å². The van der Waals surface area contributed by atoms with Crippen LogP contribution in [0.15, 0.2) is 219 Å². The molecule has 10 aromatic heterocycles. The van der Waals surface area contributed by atoms with Crippen LogP contribution in [-0.2, 0) is 30.4 Å². The molecule has 41 heteroatoms. The Morgan fingerprint density at radius 2 is 0.776 bits per heavy atom. The van der Waals surface area contributed by atoms with Crippen molar-refractivity contribution in [2.75, 3.05) is 42.6 Å². The molecule has 0 radical (unpaired) electrons. The third-order valence-corrected chi connectivity index (χ3v) is 26.6. The second kappa shape index (κ2) is 47.0. The fourth-order valence-corrected chi connectivity index (χ4v) is 19.8. The van der Waals surface area contributed by atoms with Gasteiger partial charge in [0.1, 0.15) is 115 Å². The van der Waals surface area contributed by atoms with E-state index < -0.39 is 150 Å². The molecule has 0 bridgehead atoms. The van der Waals surface area contributed by atoms with Crippen molar-refractivity contribution in [3.63, 3.8) is 0 Å². The van der Waals surface area contributed by atoms with Gasteiger partial charge in [-0.15, -0.1) is 10.2 Å². The van der Waals surface area contributed by atoms with Crippen LogP contribution in [0.3, 0.4) is 0 Å². The first-order chi connectivity index (χ1) is 70.5. The predicted octanol–water partition coefficient (Wildman–Crippen LogP) is 17.1. The molecule has 2 aliphatic heterocycles. The van der Waals surface area contributed by atoms with Gasteiger partial charge in [-0.25, -0.2) is 86.8 Å². The molecule has 2 saturated heterocycles. The standard InChI is InChI=1S/C28H29F3N4O3.C27H26F3N7O.C26H24F3N7O.C25H23F3N4O2/c1-3-38-28(37)35-26-15(2)11-16(12-22(26)32)18-9-10-33-14-17(18)13-24(36)23-8-7-21(31)27(34-23)25-19(29)5-4-6-20(25)30;1-15-12-36(14-21(31)27(15)37-13-16(2)34-35-37)23-8-9-32-11-17(23)10-24(38)22-7-6-20(30)26(33-22)25-18(28)4-3-5-19(25)29;1-15-13-35(14-20(30)26(15)36-10-9-32-34-36)22-7-8-31-12-16(22)11-23(37)21-6-5-19(29)25(33-21)24-17(27)3-2-4-18(24)28;1-13-9-14(10-20(29)24(13)32-34)16-7-8-30-12-15(16)11-22(33)21-6-5-19(28)25(31-21)23-17(26)3-2-4-18(23)27/h4-10,14-16,22,26H,3,11-13,32H2,1-2H3,(H,35,37);3-9,11,13,15,21,27H,10,12,14,31H2,1-2H3;2-10,12,15,20,26H,11,13-14,30H2,1H3;2-8,12-14,20,34H,9-11,29H2,1H3/b;;;32-24-/t15-,16+,22+,26-;15-,21+,27-;15-,20+,26-;13-,14+,20+/m0000/s1. The molecule has 762 valence electrons. The van der Waals surface area contributed by atoms with E-state index in [0.717, 1.165) is 107 Å². The minimum absolute atomic E-state index is 0.00953. The summed E-state index contributed by atoms with van der Waals surface area (Å²) in [4.78, 5) is 101. The van der Waals surface area contributed by atoms with Gasteiger partial charge in [-0.1, -0.05) is 67.5 Å². The second-order valence-corrected chi connectivity index (χ2v) is 36.7. The van der Waals surface area contributed by atoms with Crippen molar-refractivity contribution >= 4 is 46.3 Å². The smallest absolute Gasteiger partial charge is 0.407 e. The highest BCUT2D eigenvalue weighted by Crippen LogP contribution is 2.42. The minimum Gasteiger partial charge on any atom is -0.450 e. The van der Waals surface area contributed by atoms with E-state index in [0.29, 0.717) is 79.8 Å². The highest BCUT2D eigenvalue weighted by Gasteiger charge is 2.41. The Morgan fingerprint density at radius 3 is 1.11 bits per heavy atom. The number of rotatable bonds is 24. The molecule has 0 spiro atoms. The molecular formula is C106H102F12N22O7. The van der Waals surface area contributed by atoms with E-state index in [1.54, 1.807) is 73.6 Å². The molecule has 2 saturated carbocycles. The van der Waals surface area contributed by atoms with Crippen LogP contribution < -0.4 is 38.1 Å². The van der Waals surface area contributed by atoms with Gasteiger partial charge >= 0.3 is 6.09 Å². The molecule has 10 N–H and O–H groups in total. The average Bonchev–Trinajstić information content (AvgIpc) is 1.75. The topological polar surface area (TPSA) is 414 Å². The number of nitrogens with one attached hydrogen (secondary N) is 1. The summed E-state index contributed by atoms with van der Waals surface area (Å²) in [6, 6.07) is 27.2. The quantitative estimate of drug-likeness (QED) is 0.0142. The molecule has 12 heterocycles. The van der Waals surface area contributed by atoms with Gasteiger partial charge < -0.3 is 48.0 Å². The number of nitrogens with two attached hydrogens (primary N) is 4. The normalized spacial score (nSPS) is 20.4. The van der Waals surface area contributed by atoms with Gasteiger partial charge in [-0.2, -0.15) is 0 Å². The van der Waals surface area contributed by atoms with Crippen molar-refractivity contribution in [2.45, 2.75) is 147 Å². The van der Waals surface area contributed by atoms with E-state index in [9.17, 15) is 81.9 Å². The van der Waals surface area contributed by atoms with Gasteiger partial charge in [0.2, 0.25) is 0 Å². The molecule has 1 amide bonds. The number of aromatic nitrogens is 14. The number of hydrogen-bond donors (Lipinski definition) is 6. The van der Waals surface area contributed by atoms with Crippen molar-refractivity contribution in [1.82, 2.24) is 75.2 Å². The largest absolute Gasteiger partial charge is 0.450 e. The maximum Gasteiger partial charge on any atom is 0.407 e. The molecule has 4 fully saturated rings. The third-order valence-electron chi connectivity index (χ3n) is 26.6. The zero-order valence-corrected chi connectivity index (χ0v) is 80.2. The van der Waals surface area contributed by atoms with Crippen LogP contribution >= 0.6 is 0 Å². The number of pyridine rings is 8. The average molecular weight is 2020 g/mol. The Morgan fingerprint density at radius 1 is 0.415 bits per heavy atom. The van der Waals surface area contributed by atoms with Crippen molar-refractivity contribution in [3.05, 3.63) is 345 Å². The lowest BCUT2D eigenvalue weighted by atomic mass is 9.72. The number of carbonyl (C=O) groups excluding carboxylic acids is 5. The highest BCUT2D eigenvalue weighted by molar-refractivity contribution is 5.99. The van der Waals surface area contributed by atoms with Gasteiger partial charge in [0, 0.05) is 167 Å². The van der Waals surface area contributed by atoms with E-state index in [1.165, 1.54) is 42.5 Å². The molecule has 29 nitrogen and oxygen atoms in total. The lowest BCUT2D eigenvalue weighted by Gasteiger charge is -2.42. The third kappa shape index (κ3) is 24.3. The Balaban J connectivity index is 0.000000147. The number of alkyl carbamates (subject to hydrolysis) is 1. The molecular weight excluding hydrogens is 1920 g/mol. The first-order valence-electron chi connectivity index (χ1n) is 47.2. The van der Waals surface area contributed by atoms with E-state index in [2.05, 4.69) is 94.6 Å². The first kappa shape index (κ1) is 106. The van der Waals surface area contributed by atoms with Crippen molar-refractivity contribution in [3.8, 4) is 45.0 Å². The predicted molar refractivity (Wildman–Crippen MR) is 520 cm³/mol. The Kier molecular flexibility index (Phi) is 33.8. The summed E-state index contributed by atoms with van der Waals surface area (Å²) >= 11 is 0. The fraction of sp³-hybridized carbons (Fsp3) is 0.302. The van der Waals surface area contributed by atoms with Crippen LogP contribution in [0, 0.1) is 100 Å². The van der Waals surface area contributed by atoms with E-state index in [1.807, 2.05) is 55.9 Å². The Hall–Kier alpha value is -15.6. The lowest BCUT2D eigenvalue weighted by Crippen LogP contribution is -2.54. The van der Waals surface area contributed by atoms with Gasteiger partial charge in [-0.05, 0) is 219 Å². The number of anilines is 2. The van der Waals surface area contributed by atoms with Crippen LogP contribution in [0.5, 0.6) is 0 Å². The Labute approximate surface area is 835 Å². The summed E-state index contributed by atoms with van der Waals surface area (Å²) in [6.07, 6.45) is 19.8. The number of ether oxygens (including phenoxy) is 1. The van der Waals surface area contributed by atoms with E-state index >= 15 is 0 Å². The SMILES string of the molecule is CCOC(=O)N[C@@H]1[C@H](N)C[C@H](c2ccncc2CC(=O)c2ccc(F)c(-c3c(F)cccc3F)n2)C[C@@H]1C.C[C@H]1CN(c2ccncc2CC(=O)c2ccc(F)c(-c3c(F)cccc3F)n2)C[C@@H](N)[C@H]1n1ccnn1.C[C@H]1C[C@@H](c2ccncc2CC(=O)c2ccc(F)c(-c3c(F)cccc3F)n2)C[C@@H](N)/C1=N\O.Cc1cn([C@@H]2[C@H](N)CN(c3ccncc3CC(=O)c3ccc(F)c(-c4c(F)cccc4F)n3)C[C@@H]2C)nn1. The van der Waals surface area contributed by atoms with Gasteiger partial charge in [0.15, 0.2) is 23.1 Å². The number of Topliss-reactive ketones (excluding diaryl/α,β-unsaturated/α-hetero) is 4. The van der Waals surface area contributed by atoms with Crippen LogP contribution in [0.25, 0.3) is 45.0 Å². The van der Waals surface area contributed by atoms with Crippen molar-refractivity contribution in [2.24, 2.45) is 51.8 Å². The molecule has 0 unspecified atom stereocenters. The van der Waals surface area contributed by atoms with Gasteiger partial charge in [0.05, 0.1) is 58.5 Å². The molecule has 2 aliphatic carbocycles. The number of hydrogen-bond acceptors (Lipinski definition) is 26. The summed E-state index contributed by atoms with van der Waals surface area (Å²) < 4.78 is 180. The summed E-state index contributed by atoms with van der Waals surface area (Å²) in [5, 5.41) is 31.7. The van der Waals surface area contributed by atoms with Crippen LogP contribution in [0.1, 0.15) is 165 Å². The van der Waals surface area contributed by atoms with Crippen LogP contribution in [0.4, 0.5) is 68.9 Å². The van der Waals surface area contributed by atoms with Crippen molar-refractivity contribution in [1.29, 1.82) is 0 Å². The number of ketones is 4. The number of amides is 1. The molecule has 4 aliphatic rings. The molecule has 18 rings (SSSR count). The monoisotopic (exact) mass is 2020 g/mol. The van der Waals surface area contributed by atoms with Crippen LogP contribution in [-0.4, -0.2) is 173 Å². The molecule has 13 atom stereocenters. The number of piperidine rings is 2. The highest BCUT2D eigenvalue weighted by atomic mass is 19.2. The number of aryl methyl sites for hydroxylation is 1. The Bertz CT molecular complexity index is 7060. The zero-order chi connectivity index (χ0) is 105. The summed E-state index contributed by atoms with van der Waals surface area (Å²) in [5.41, 5.74) is 27.9. The van der Waals surface area contributed by atoms with E-state index in [-0.39, 0.29) is 127 Å². The number of oxime groups is 1. The number of nitrogens with zero attached hydrogens (tertiary/aromatic N) is 17. The lowest BCUT2D eigenvalue weighted by molar-refractivity contribution is 0.0979.